The van der Waals surface area contributed by atoms with Crippen LogP contribution in [0.25, 0.3) is 0 Å². The molecule has 0 aliphatic heterocycles. The van der Waals surface area contributed by atoms with Crippen molar-refractivity contribution in [3.63, 3.8) is 0 Å². The zero-order valence-electron chi connectivity index (χ0n) is 12.8. The number of aryl methyl sites for hydroxylation is 1. The molecule has 1 saturated carbocycles. The highest BCUT2D eigenvalue weighted by Crippen LogP contribution is 2.50. The van der Waals surface area contributed by atoms with E-state index in [0.29, 0.717) is 19.3 Å². The number of allylic oxidation sites excluding steroid dienone is 1. The van der Waals surface area contributed by atoms with Gasteiger partial charge in [-0.25, -0.2) is 0 Å². The first-order valence-corrected chi connectivity index (χ1v) is 8.96. The number of hydrogen-bond donors (Lipinski definition) is 0. The summed E-state index contributed by atoms with van der Waals surface area (Å²) in [6.07, 6.45) is 3.79. The van der Waals surface area contributed by atoms with Gasteiger partial charge in [-0.05, 0) is 44.4 Å². The topological polar surface area (TPSA) is 60.4 Å². The maximum atomic E-state index is 12.5. The highest BCUT2D eigenvalue weighted by Gasteiger charge is 2.47. The van der Waals surface area contributed by atoms with Crippen molar-refractivity contribution < 1.29 is 17.4 Å². The highest BCUT2D eigenvalue weighted by molar-refractivity contribution is 7.86. The lowest BCUT2D eigenvalue weighted by Crippen LogP contribution is -2.35. The number of benzene rings is 1. The molecule has 1 fully saturated rings. The fourth-order valence-corrected chi connectivity index (χ4v) is 4.57. The molecular formula is C17H20O4S. The summed E-state index contributed by atoms with van der Waals surface area (Å²) in [6.45, 7) is 3.92. The van der Waals surface area contributed by atoms with Gasteiger partial charge >= 0.3 is 0 Å². The van der Waals surface area contributed by atoms with E-state index in [0.717, 1.165) is 17.6 Å². The van der Waals surface area contributed by atoms with Crippen molar-refractivity contribution in [1.29, 1.82) is 0 Å². The van der Waals surface area contributed by atoms with E-state index in [2.05, 4.69) is 0 Å². The number of hydrogen-bond acceptors (Lipinski definition) is 4. The van der Waals surface area contributed by atoms with E-state index < -0.39 is 16.2 Å². The summed E-state index contributed by atoms with van der Waals surface area (Å²) in [7, 11) is -3.77. The SMILES string of the molecule is Cc1ccc(S(=O)(=O)O[C@H]2CCC3=CC(=O)CC[C@@]32C)cc1. The third kappa shape index (κ3) is 2.63. The Morgan fingerprint density at radius 1 is 1.18 bits per heavy atom. The van der Waals surface area contributed by atoms with Crippen LogP contribution in [0.3, 0.4) is 0 Å². The maximum absolute atomic E-state index is 12.5. The van der Waals surface area contributed by atoms with Crippen LogP contribution in [0, 0.1) is 12.3 Å². The highest BCUT2D eigenvalue weighted by atomic mass is 32.2. The molecule has 0 saturated heterocycles. The van der Waals surface area contributed by atoms with Crippen LogP contribution in [0.5, 0.6) is 0 Å². The molecule has 1 aromatic rings. The Morgan fingerprint density at radius 3 is 2.55 bits per heavy atom. The second-order valence-corrected chi connectivity index (χ2v) is 8.02. The molecule has 0 spiro atoms. The smallest absolute Gasteiger partial charge is 0.295 e. The van der Waals surface area contributed by atoms with E-state index in [-0.39, 0.29) is 16.1 Å². The van der Waals surface area contributed by atoms with Gasteiger partial charge in [0.2, 0.25) is 0 Å². The van der Waals surface area contributed by atoms with E-state index in [1.54, 1.807) is 30.3 Å². The molecule has 0 N–H and O–H groups in total. The molecule has 0 amide bonds. The van der Waals surface area contributed by atoms with Crippen LogP contribution >= 0.6 is 0 Å². The van der Waals surface area contributed by atoms with Crippen molar-refractivity contribution in [2.75, 3.05) is 0 Å². The molecule has 22 heavy (non-hydrogen) atoms. The van der Waals surface area contributed by atoms with Gasteiger partial charge in [0.1, 0.15) is 0 Å². The predicted molar refractivity (Wildman–Crippen MR) is 82.9 cm³/mol. The Morgan fingerprint density at radius 2 is 1.86 bits per heavy atom. The van der Waals surface area contributed by atoms with Crippen molar-refractivity contribution in [2.45, 2.75) is 50.5 Å². The average molecular weight is 320 g/mol. The quantitative estimate of drug-likeness (QED) is 0.803. The van der Waals surface area contributed by atoms with Gasteiger partial charge in [-0.2, -0.15) is 8.42 Å². The summed E-state index contributed by atoms with van der Waals surface area (Å²) >= 11 is 0. The minimum atomic E-state index is -3.77. The molecule has 118 valence electrons. The lowest BCUT2D eigenvalue weighted by Gasteiger charge is -2.34. The molecule has 5 heteroatoms. The van der Waals surface area contributed by atoms with Crippen molar-refractivity contribution in [3.8, 4) is 0 Å². The number of ketones is 1. The molecule has 1 aromatic carbocycles. The van der Waals surface area contributed by atoms with Crippen LogP contribution in [0.4, 0.5) is 0 Å². The maximum Gasteiger partial charge on any atom is 0.297 e. The summed E-state index contributed by atoms with van der Waals surface area (Å²) in [5.41, 5.74) is 1.70. The van der Waals surface area contributed by atoms with Crippen molar-refractivity contribution in [1.82, 2.24) is 0 Å². The number of carbonyl (C=O) groups is 1. The molecule has 4 nitrogen and oxygen atoms in total. The van der Waals surface area contributed by atoms with Crippen LogP contribution in [0.1, 0.15) is 38.2 Å². The summed E-state index contributed by atoms with van der Waals surface area (Å²) < 4.78 is 30.5. The Balaban J connectivity index is 1.86. The molecule has 2 atom stereocenters. The monoisotopic (exact) mass is 320 g/mol. The zero-order chi connectivity index (χ0) is 16.0. The molecule has 2 aliphatic rings. The fourth-order valence-electron chi connectivity index (χ4n) is 3.37. The third-order valence-electron chi connectivity index (χ3n) is 4.90. The third-order valence-corrected chi connectivity index (χ3v) is 6.23. The first-order valence-electron chi connectivity index (χ1n) is 7.55. The van der Waals surface area contributed by atoms with Crippen molar-refractivity contribution >= 4 is 15.9 Å². The largest absolute Gasteiger partial charge is 0.297 e. The van der Waals surface area contributed by atoms with Gasteiger partial charge in [0.15, 0.2) is 5.78 Å². The standard InChI is InChI=1S/C17H20O4S/c1-12-3-6-15(7-4-12)22(19,20)21-16-8-5-13-11-14(18)9-10-17(13,16)2/h3-4,6-7,11,16H,5,8-10H2,1-2H3/t16-,17-/m0/s1. The Kier molecular flexibility index (Phi) is 3.73. The van der Waals surface area contributed by atoms with E-state index in [4.69, 9.17) is 4.18 Å². The normalized spacial score (nSPS) is 28.4. The summed E-state index contributed by atoms with van der Waals surface area (Å²) in [5, 5.41) is 0. The van der Waals surface area contributed by atoms with Gasteiger partial charge in [-0.15, -0.1) is 0 Å². The van der Waals surface area contributed by atoms with Gasteiger partial charge in [-0.1, -0.05) is 30.2 Å². The molecule has 0 unspecified atom stereocenters. The molecular weight excluding hydrogens is 300 g/mol. The summed E-state index contributed by atoms with van der Waals surface area (Å²) in [4.78, 5) is 11.7. The molecule has 0 aromatic heterocycles. The van der Waals surface area contributed by atoms with Crippen LogP contribution in [-0.4, -0.2) is 20.3 Å². The van der Waals surface area contributed by atoms with E-state index in [1.807, 2.05) is 13.8 Å². The van der Waals surface area contributed by atoms with Crippen molar-refractivity contribution in [3.05, 3.63) is 41.5 Å². The van der Waals surface area contributed by atoms with Crippen LogP contribution in [-0.2, 0) is 19.1 Å². The van der Waals surface area contributed by atoms with Crippen LogP contribution < -0.4 is 0 Å². The van der Waals surface area contributed by atoms with Gasteiger partial charge in [-0.3, -0.25) is 8.98 Å². The van der Waals surface area contributed by atoms with E-state index >= 15 is 0 Å². The number of carbonyl (C=O) groups excluding carboxylic acids is 1. The fraction of sp³-hybridized carbons (Fsp3) is 0.471. The van der Waals surface area contributed by atoms with Crippen molar-refractivity contribution in [2.24, 2.45) is 5.41 Å². The van der Waals surface area contributed by atoms with Gasteiger partial charge in [0, 0.05) is 11.8 Å². The van der Waals surface area contributed by atoms with Crippen LogP contribution in [0.15, 0.2) is 40.8 Å². The molecule has 2 aliphatic carbocycles. The number of fused-ring (bicyclic) bond motifs is 1. The molecule has 3 rings (SSSR count). The lowest BCUT2D eigenvalue weighted by atomic mass is 9.74. The second-order valence-electron chi connectivity index (χ2n) is 6.44. The summed E-state index contributed by atoms with van der Waals surface area (Å²) in [5.74, 6) is 0.134. The molecule has 0 heterocycles. The predicted octanol–water partition coefficient (Wildman–Crippen LogP) is 3.16. The first-order chi connectivity index (χ1) is 10.3. The average Bonchev–Trinajstić information content (AvgIpc) is 2.76. The minimum absolute atomic E-state index is 0.134. The zero-order valence-corrected chi connectivity index (χ0v) is 13.7. The Labute approximate surface area is 131 Å². The van der Waals surface area contributed by atoms with Gasteiger partial charge < -0.3 is 0 Å². The van der Waals surface area contributed by atoms with Gasteiger partial charge in [0.05, 0.1) is 11.0 Å². The Bertz CT molecular complexity index is 730. The Hall–Kier alpha value is -1.46. The lowest BCUT2D eigenvalue weighted by molar-refractivity contribution is -0.116. The number of rotatable bonds is 3. The van der Waals surface area contributed by atoms with E-state index in [1.165, 1.54) is 0 Å². The minimum Gasteiger partial charge on any atom is -0.295 e. The van der Waals surface area contributed by atoms with Crippen LogP contribution in [0.2, 0.25) is 0 Å². The first kappa shape index (κ1) is 15.4. The molecule has 0 radical (unpaired) electrons. The molecule has 0 bridgehead atoms. The van der Waals surface area contributed by atoms with Gasteiger partial charge in [0.25, 0.3) is 10.1 Å². The summed E-state index contributed by atoms with van der Waals surface area (Å²) in [6, 6.07) is 6.67. The second kappa shape index (κ2) is 5.32. The van der Waals surface area contributed by atoms with E-state index in [9.17, 15) is 13.2 Å².